The lowest BCUT2D eigenvalue weighted by molar-refractivity contribution is -0.151. The van der Waals surface area contributed by atoms with Crippen molar-refractivity contribution < 1.29 is 28.9 Å². The highest BCUT2D eigenvalue weighted by Crippen LogP contribution is 2.68. The fraction of sp³-hybridized carbons (Fsp3) is 0.467. The number of fused-ring (bicyclic) bond motifs is 1. The Labute approximate surface area is 126 Å². The summed E-state index contributed by atoms with van der Waals surface area (Å²) < 4.78 is 18.7. The number of carboxylic acids is 2. The fourth-order valence-electron chi connectivity index (χ4n) is 3.66. The van der Waals surface area contributed by atoms with E-state index in [1.165, 1.54) is 13.2 Å². The van der Waals surface area contributed by atoms with Gasteiger partial charge < -0.3 is 14.9 Å². The fourth-order valence-corrected chi connectivity index (χ4v) is 3.66. The Morgan fingerprint density at radius 1 is 1.27 bits per heavy atom. The second-order valence-corrected chi connectivity index (χ2v) is 6.03. The highest BCUT2D eigenvalue weighted by molar-refractivity contribution is 5.94. The van der Waals surface area contributed by atoms with E-state index in [2.05, 4.69) is 0 Å². The highest BCUT2D eigenvalue weighted by atomic mass is 19.1. The maximum Gasteiger partial charge on any atom is 0.312 e. The van der Waals surface area contributed by atoms with Crippen LogP contribution in [0.25, 0.3) is 0 Å². The van der Waals surface area contributed by atoms with Crippen molar-refractivity contribution in [1.82, 2.24) is 4.90 Å². The van der Waals surface area contributed by atoms with Gasteiger partial charge in [0, 0.05) is 25.2 Å². The largest absolute Gasteiger partial charge is 0.493 e. The van der Waals surface area contributed by atoms with E-state index in [-0.39, 0.29) is 31.8 Å². The number of aliphatic carboxylic acids is 2. The molecule has 1 saturated heterocycles. The average molecular weight is 309 g/mol. The molecule has 2 N–H and O–H groups in total. The summed E-state index contributed by atoms with van der Waals surface area (Å²) in [5.74, 6) is -2.55. The van der Waals surface area contributed by atoms with E-state index in [0.717, 1.165) is 0 Å². The Morgan fingerprint density at radius 3 is 2.36 bits per heavy atom. The molecule has 0 bridgehead atoms. The van der Waals surface area contributed by atoms with Crippen molar-refractivity contribution >= 4 is 11.9 Å². The number of likely N-dealkylation sites (tertiary alicyclic amines) is 1. The van der Waals surface area contributed by atoms with Crippen molar-refractivity contribution in [1.29, 1.82) is 0 Å². The van der Waals surface area contributed by atoms with Crippen LogP contribution >= 0.6 is 0 Å². The van der Waals surface area contributed by atoms with Gasteiger partial charge in [-0.25, -0.2) is 4.39 Å². The number of ether oxygens (including phenoxy) is 1. The Balaban J connectivity index is 1.84. The number of nitrogens with zero attached hydrogens (tertiary/aromatic N) is 1. The molecule has 0 spiro atoms. The summed E-state index contributed by atoms with van der Waals surface area (Å²) >= 11 is 0. The first-order chi connectivity index (χ1) is 10.4. The van der Waals surface area contributed by atoms with Crippen LogP contribution in [0.4, 0.5) is 4.39 Å². The summed E-state index contributed by atoms with van der Waals surface area (Å²) in [6.45, 7) is 0.549. The van der Waals surface area contributed by atoms with E-state index >= 15 is 0 Å². The molecule has 1 aromatic rings. The van der Waals surface area contributed by atoms with Gasteiger partial charge in [0.2, 0.25) is 0 Å². The van der Waals surface area contributed by atoms with Crippen molar-refractivity contribution in [2.24, 2.45) is 10.8 Å². The van der Waals surface area contributed by atoms with E-state index in [9.17, 15) is 24.2 Å². The maximum atomic E-state index is 13.7. The van der Waals surface area contributed by atoms with E-state index in [4.69, 9.17) is 4.74 Å². The second-order valence-electron chi connectivity index (χ2n) is 6.03. The SMILES string of the molecule is COc1c(F)cccc1CN1C[C@@]2(C(=O)O)C[C@@]2(C(=O)O)C1. The van der Waals surface area contributed by atoms with Crippen LogP contribution in [-0.2, 0) is 16.1 Å². The molecule has 1 heterocycles. The zero-order valence-corrected chi connectivity index (χ0v) is 12.0. The molecule has 6 nitrogen and oxygen atoms in total. The lowest BCUT2D eigenvalue weighted by atomic mass is 9.97. The van der Waals surface area contributed by atoms with Gasteiger partial charge in [-0.3, -0.25) is 14.5 Å². The van der Waals surface area contributed by atoms with Crippen molar-refractivity contribution in [2.75, 3.05) is 20.2 Å². The summed E-state index contributed by atoms with van der Waals surface area (Å²) in [6.07, 6.45) is 0.154. The minimum atomic E-state index is -1.22. The molecule has 1 aromatic carbocycles. The molecule has 118 valence electrons. The van der Waals surface area contributed by atoms with Gasteiger partial charge in [-0.05, 0) is 12.5 Å². The molecule has 1 aliphatic carbocycles. The second kappa shape index (κ2) is 4.67. The molecule has 0 aromatic heterocycles. The van der Waals surface area contributed by atoms with Gasteiger partial charge in [-0.1, -0.05) is 12.1 Å². The first-order valence-corrected chi connectivity index (χ1v) is 6.87. The topological polar surface area (TPSA) is 87.1 Å². The summed E-state index contributed by atoms with van der Waals surface area (Å²) in [7, 11) is 1.36. The van der Waals surface area contributed by atoms with Crippen LogP contribution in [0.5, 0.6) is 5.75 Å². The van der Waals surface area contributed by atoms with Crippen LogP contribution < -0.4 is 4.74 Å². The predicted octanol–water partition coefficient (Wildman–Crippen LogP) is 1.20. The molecule has 0 radical (unpaired) electrons. The normalized spacial score (nSPS) is 29.9. The third-order valence-corrected chi connectivity index (χ3v) is 4.85. The lowest BCUT2D eigenvalue weighted by Gasteiger charge is -2.21. The monoisotopic (exact) mass is 309 g/mol. The Hall–Kier alpha value is -2.15. The van der Waals surface area contributed by atoms with Crippen LogP contribution in [0, 0.1) is 16.6 Å². The lowest BCUT2D eigenvalue weighted by Crippen LogP contribution is -2.28. The number of methoxy groups -OCH3 is 1. The number of piperidine rings is 1. The maximum absolute atomic E-state index is 13.7. The molecular weight excluding hydrogens is 293 g/mol. The molecule has 2 aliphatic rings. The molecule has 2 atom stereocenters. The zero-order valence-electron chi connectivity index (χ0n) is 12.0. The molecular formula is C15H16FNO5. The summed E-state index contributed by atoms with van der Waals surface area (Å²) in [5, 5.41) is 18.8. The summed E-state index contributed by atoms with van der Waals surface area (Å²) in [5.41, 5.74) is -1.87. The van der Waals surface area contributed by atoms with E-state index < -0.39 is 28.6 Å². The molecule has 0 unspecified atom stereocenters. The van der Waals surface area contributed by atoms with E-state index in [0.29, 0.717) is 5.56 Å². The van der Waals surface area contributed by atoms with Crippen LogP contribution in [0.2, 0.25) is 0 Å². The standard InChI is InChI=1S/C15H16FNO5/c1-22-11-9(3-2-4-10(11)16)5-17-7-14(12(18)19)6-15(14,8-17)13(20)21/h2-4H,5-8H2,1H3,(H,18,19)(H,20,21)/t14-,15+. The number of hydrogen-bond acceptors (Lipinski definition) is 4. The number of carboxylic acid groups (broad SMARTS) is 2. The van der Waals surface area contributed by atoms with Crippen LogP contribution in [0.15, 0.2) is 18.2 Å². The Bertz CT molecular complexity index is 635. The third-order valence-electron chi connectivity index (χ3n) is 4.85. The van der Waals surface area contributed by atoms with Crippen LogP contribution in [-0.4, -0.2) is 47.3 Å². The van der Waals surface area contributed by atoms with E-state index in [1.54, 1.807) is 17.0 Å². The van der Waals surface area contributed by atoms with Crippen molar-refractivity contribution in [2.45, 2.75) is 13.0 Å². The first-order valence-electron chi connectivity index (χ1n) is 6.87. The van der Waals surface area contributed by atoms with Gasteiger partial charge in [-0.15, -0.1) is 0 Å². The average Bonchev–Trinajstić information content (AvgIpc) is 2.99. The number of rotatable bonds is 5. The predicted molar refractivity (Wildman–Crippen MR) is 73.0 cm³/mol. The van der Waals surface area contributed by atoms with Gasteiger partial charge in [0.15, 0.2) is 11.6 Å². The number of hydrogen-bond donors (Lipinski definition) is 2. The number of para-hydroxylation sites is 1. The number of benzene rings is 1. The van der Waals surface area contributed by atoms with Crippen molar-refractivity contribution in [3.8, 4) is 5.75 Å². The number of carbonyl (C=O) groups is 2. The Morgan fingerprint density at radius 2 is 1.86 bits per heavy atom. The van der Waals surface area contributed by atoms with Crippen molar-refractivity contribution in [3.63, 3.8) is 0 Å². The quantitative estimate of drug-likeness (QED) is 0.850. The van der Waals surface area contributed by atoms with Gasteiger partial charge in [-0.2, -0.15) is 0 Å². The smallest absolute Gasteiger partial charge is 0.312 e. The number of halogens is 1. The summed E-state index contributed by atoms with van der Waals surface area (Å²) in [4.78, 5) is 24.7. The van der Waals surface area contributed by atoms with Gasteiger partial charge in [0.05, 0.1) is 17.9 Å². The molecule has 1 aliphatic heterocycles. The van der Waals surface area contributed by atoms with Crippen LogP contribution in [0.1, 0.15) is 12.0 Å². The first kappa shape index (κ1) is 14.8. The van der Waals surface area contributed by atoms with Crippen molar-refractivity contribution in [3.05, 3.63) is 29.6 Å². The minimum Gasteiger partial charge on any atom is -0.493 e. The molecule has 1 saturated carbocycles. The Kier molecular flexibility index (Phi) is 3.14. The molecule has 3 rings (SSSR count). The zero-order chi connectivity index (χ0) is 16.1. The molecule has 2 fully saturated rings. The van der Waals surface area contributed by atoms with Gasteiger partial charge in [0.1, 0.15) is 0 Å². The summed E-state index contributed by atoms with van der Waals surface area (Å²) in [6, 6.07) is 4.51. The molecule has 22 heavy (non-hydrogen) atoms. The van der Waals surface area contributed by atoms with Gasteiger partial charge >= 0.3 is 11.9 Å². The highest BCUT2D eigenvalue weighted by Gasteiger charge is 2.80. The molecule has 0 amide bonds. The third kappa shape index (κ3) is 1.81. The van der Waals surface area contributed by atoms with Gasteiger partial charge in [0.25, 0.3) is 0 Å². The van der Waals surface area contributed by atoms with E-state index in [1.807, 2.05) is 0 Å². The van der Waals surface area contributed by atoms with Crippen LogP contribution in [0.3, 0.4) is 0 Å². The molecule has 7 heteroatoms. The minimum absolute atomic E-state index is 0.108.